The summed E-state index contributed by atoms with van der Waals surface area (Å²) in [5.41, 5.74) is 0.174. The van der Waals surface area contributed by atoms with Crippen molar-refractivity contribution in [2.75, 3.05) is 19.6 Å². The summed E-state index contributed by atoms with van der Waals surface area (Å²) in [5, 5.41) is 15.8. The molecule has 4 heteroatoms. The normalized spacial score (nSPS) is 34.6. The van der Waals surface area contributed by atoms with E-state index in [1.807, 2.05) is 0 Å². The van der Waals surface area contributed by atoms with Gasteiger partial charge in [-0.2, -0.15) is 0 Å². The number of amides is 1. The van der Waals surface area contributed by atoms with Crippen molar-refractivity contribution in [3.63, 3.8) is 0 Å². The standard InChI is InChI=1S/C13H24N2O2/c1-12(2)10(13(12,3)4)11(17)15-6-8-5-14-7-9(8)16/h8-10,14,16H,5-7H2,1-4H3,(H,15,17). The zero-order valence-electron chi connectivity index (χ0n) is 11.2. The van der Waals surface area contributed by atoms with Gasteiger partial charge in [0.25, 0.3) is 0 Å². The summed E-state index contributed by atoms with van der Waals surface area (Å²) in [5.74, 6) is 0.393. The molecule has 98 valence electrons. The lowest BCUT2D eigenvalue weighted by Gasteiger charge is -2.14. The fourth-order valence-corrected chi connectivity index (χ4v) is 3.11. The van der Waals surface area contributed by atoms with Crippen molar-refractivity contribution in [1.82, 2.24) is 10.6 Å². The molecule has 1 saturated carbocycles. The molecule has 3 N–H and O–H groups in total. The van der Waals surface area contributed by atoms with Gasteiger partial charge < -0.3 is 15.7 Å². The number of carbonyl (C=O) groups excluding carboxylic acids is 1. The second-order valence-corrected chi connectivity index (χ2v) is 6.61. The van der Waals surface area contributed by atoms with Gasteiger partial charge in [-0.15, -0.1) is 0 Å². The molecule has 1 amide bonds. The van der Waals surface area contributed by atoms with Crippen molar-refractivity contribution >= 4 is 5.91 Å². The van der Waals surface area contributed by atoms with Crippen LogP contribution in [-0.2, 0) is 4.79 Å². The molecule has 0 spiro atoms. The minimum atomic E-state index is -0.324. The Kier molecular flexibility index (Phi) is 2.99. The van der Waals surface area contributed by atoms with Crippen LogP contribution in [0.5, 0.6) is 0 Å². The lowest BCUT2D eigenvalue weighted by Crippen LogP contribution is -2.36. The maximum absolute atomic E-state index is 12.1. The van der Waals surface area contributed by atoms with Gasteiger partial charge in [0.2, 0.25) is 5.91 Å². The topological polar surface area (TPSA) is 61.4 Å². The van der Waals surface area contributed by atoms with E-state index in [9.17, 15) is 9.90 Å². The first kappa shape index (κ1) is 12.8. The summed E-state index contributed by atoms with van der Waals surface area (Å²) < 4.78 is 0. The van der Waals surface area contributed by atoms with Gasteiger partial charge in [-0.3, -0.25) is 4.79 Å². The molecule has 1 saturated heterocycles. The molecule has 2 atom stereocenters. The van der Waals surface area contributed by atoms with Gasteiger partial charge in [0.15, 0.2) is 0 Å². The predicted molar refractivity (Wildman–Crippen MR) is 66.4 cm³/mol. The molecule has 1 aliphatic carbocycles. The Hall–Kier alpha value is -0.610. The first-order valence-corrected chi connectivity index (χ1v) is 6.45. The molecule has 2 aliphatic rings. The van der Waals surface area contributed by atoms with Crippen LogP contribution in [0.1, 0.15) is 27.7 Å². The predicted octanol–water partition coefficient (Wildman–Crippen LogP) is 0.365. The summed E-state index contributed by atoms with van der Waals surface area (Å²) in [4.78, 5) is 12.1. The molecular formula is C13H24N2O2. The molecule has 17 heavy (non-hydrogen) atoms. The van der Waals surface area contributed by atoms with Gasteiger partial charge in [-0.05, 0) is 10.8 Å². The molecule has 0 aromatic heterocycles. The van der Waals surface area contributed by atoms with Gasteiger partial charge in [-0.25, -0.2) is 0 Å². The highest BCUT2D eigenvalue weighted by molar-refractivity contribution is 5.84. The quantitative estimate of drug-likeness (QED) is 0.668. The zero-order chi connectivity index (χ0) is 12.8. The third kappa shape index (κ3) is 1.97. The van der Waals surface area contributed by atoms with E-state index >= 15 is 0 Å². The highest BCUT2D eigenvalue weighted by Gasteiger charge is 2.68. The van der Waals surface area contributed by atoms with Crippen LogP contribution in [0.4, 0.5) is 0 Å². The molecule has 0 aromatic carbocycles. The molecule has 2 fully saturated rings. The highest BCUT2D eigenvalue weighted by Crippen LogP contribution is 2.68. The zero-order valence-corrected chi connectivity index (χ0v) is 11.2. The van der Waals surface area contributed by atoms with Crippen LogP contribution in [0.25, 0.3) is 0 Å². The minimum absolute atomic E-state index is 0.0869. The SMILES string of the molecule is CC1(C)C(C(=O)NCC2CNCC2O)C1(C)C. The van der Waals surface area contributed by atoms with Crippen LogP contribution in [0.2, 0.25) is 0 Å². The van der Waals surface area contributed by atoms with Crippen LogP contribution in [0.3, 0.4) is 0 Å². The number of hydrogen-bond acceptors (Lipinski definition) is 3. The summed E-state index contributed by atoms with van der Waals surface area (Å²) in [6.07, 6.45) is -0.324. The second-order valence-electron chi connectivity index (χ2n) is 6.61. The highest BCUT2D eigenvalue weighted by atomic mass is 16.3. The Bertz CT molecular complexity index is 311. The van der Waals surface area contributed by atoms with Crippen molar-refractivity contribution in [2.24, 2.45) is 22.7 Å². The largest absolute Gasteiger partial charge is 0.391 e. The van der Waals surface area contributed by atoms with Crippen LogP contribution in [-0.4, -0.2) is 36.8 Å². The molecule has 4 nitrogen and oxygen atoms in total. The van der Waals surface area contributed by atoms with Crippen LogP contribution >= 0.6 is 0 Å². The number of aliphatic hydroxyl groups is 1. The molecule has 1 heterocycles. The smallest absolute Gasteiger partial charge is 0.224 e. The van der Waals surface area contributed by atoms with Crippen molar-refractivity contribution in [2.45, 2.75) is 33.8 Å². The first-order valence-electron chi connectivity index (χ1n) is 6.45. The average molecular weight is 240 g/mol. The Morgan fingerprint density at radius 2 is 1.88 bits per heavy atom. The van der Waals surface area contributed by atoms with E-state index in [4.69, 9.17) is 0 Å². The maximum atomic E-state index is 12.1. The van der Waals surface area contributed by atoms with E-state index in [0.29, 0.717) is 13.1 Å². The number of hydrogen-bond donors (Lipinski definition) is 3. The molecule has 0 radical (unpaired) electrons. The molecule has 2 rings (SSSR count). The third-order valence-electron chi connectivity index (χ3n) is 5.13. The maximum Gasteiger partial charge on any atom is 0.224 e. The third-order valence-corrected chi connectivity index (χ3v) is 5.13. The number of aliphatic hydroxyl groups excluding tert-OH is 1. The molecule has 1 aliphatic heterocycles. The fraction of sp³-hybridized carbons (Fsp3) is 0.923. The first-order chi connectivity index (χ1) is 7.78. The Balaban J connectivity index is 1.83. The Morgan fingerprint density at radius 1 is 1.29 bits per heavy atom. The average Bonchev–Trinajstić information content (AvgIpc) is 2.53. The Morgan fingerprint density at radius 3 is 2.29 bits per heavy atom. The van der Waals surface area contributed by atoms with Crippen molar-refractivity contribution < 1.29 is 9.90 Å². The fourth-order valence-electron chi connectivity index (χ4n) is 3.11. The number of nitrogens with one attached hydrogen (secondary N) is 2. The monoisotopic (exact) mass is 240 g/mol. The van der Waals surface area contributed by atoms with Gasteiger partial charge in [0, 0.05) is 31.5 Å². The van der Waals surface area contributed by atoms with E-state index in [1.165, 1.54) is 0 Å². The van der Waals surface area contributed by atoms with E-state index in [0.717, 1.165) is 6.54 Å². The number of carbonyl (C=O) groups is 1. The van der Waals surface area contributed by atoms with Crippen molar-refractivity contribution in [1.29, 1.82) is 0 Å². The van der Waals surface area contributed by atoms with Gasteiger partial charge in [-0.1, -0.05) is 27.7 Å². The van der Waals surface area contributed by atoms with E-state index in [1.54, 1.807) is 0 Å². The van der Waals surface area contributed by atoms with E-state index < -0.39 is 0 Å². The van der Waals surface area contributed by atoms with Gasteiger partial charge in [0.05, 0.1) is 6.10 Å². The van der Waals surface area contributed by atoms with Crippen LogP contribution in [0, 0.1) is 22.7 Å². The lowest BCUT2D eigenvalue weighted by molar-refractivity contribution is -0.123. The Labute approximate surface area is 103 Å². The minimum Gasteiger partial charge on any atom is -0.391 e. The lowest BCUT2D eigenvalue weighted by atomic mass is 10.0. The van der Waals surface area contributed by atoms with Gasteiger partial charge >= 0.3 is 0 Å². The molecule has 0 bridgehead atoms. The second kappa shape index (κ2) is 3.95. The number of β-amino-alcohol motifs (C(OH)–C–C–N with tert-alkyl or cyclic N) is 1. The van der Waals surface area contributed by atoms with Crippen LogP contribution < -0.4 is 10.6 Å². The number of rotatable bonds is 3. The van der Waals surface area contributed by atoms with Gasteiger partial charge in [0.1, 0.15) is 0 Å². The van der Waals surface area contributed by atoms with Crippen molar-refractivity contribution in [3.8, 4) is 0 Å². The summed E-state index contributed by atoms with van der Waals surface area (Å²) in [6, 6.07) is 0. The summed E-state index contributed by atoms with van der Waals surface area (Å²) >= 11 is 0. The molecule has 2 unspecified atom stereocenters. The molecular weight excluding hydrogens is 216 g/mol. The summed E-state index contributed by atoms with van der Waals surface area (Å²) in [7, 11) is 0. The van der Waals surface area contributed by atoms with Crippen LogP contribution in [0.15, 0.2) is 0 Å². The molecule has 0 aromatic rings. The summed E-state index contributed by atoms with van der Waals surface area (Å²) in [6.45, 7) is 10.6. The van der Waals surface area contributed by atoms with E-state index in [-0.39, 0.29) is 34.7 Å². The van der Waals surface area contributed by atoms with E-state index in [2.05, 4.69) is 38.3 Å². The van der Waals surface area contributed by atoms with Crippen molar-refractivity contribution in [3.05, 3.63) is 0 Å².